The van der Waals surface area contributed by atoms with Gasteiger partial charge < -0.3 is 9.88 Å². The van der Waals surface area contributed by atoms with Crippen LogP contribution in [0.5, 0.6) is 0 Å². The maximum absolute atomic E-state index is 12.2. The van der Waals surface area contributed by atoms with E-state index < -0.39 is 10.0 Å². The summed E-state index contributed by atoms with van der Waals surface area (Å²) in [6, 6.07) is 9.45. The Hall–Kier alpha value is -2.12. The quantitative estimate of drug-likeness (QED) is 0.895. The lowest BCUT2D eigenvalue weighted by Gasteiger charge is -2.25. The first kappa shape index (κ1) is 15.3. The Labute approximate surface area is 123 Å². The molecule has 0 unspecified atom stereocenters. The molecule has 0 spiro atoms. The highest BCUT2D eigenvalue weighted by atomic mass is 32.2. The number of aromatic nitrogens is 1. The van der Waals surface area contributed by atoms with E-state index in [1.807, 2.05) is 6.92 Å². The van der Waals surface area contributed by atoms with Gasteiger partial charge in [-0.1, -0.05) is 12.1 Å². The topological polar surface area (TPSA) is 96.3 Å². The van der Waals surface area contributed by atoms with Crippen molar-refractivity contribution < 1.29 is 13.2 Å². The van der Waals surface area contributed by atoms with E-state index in [-0.39, 0.29) is 16.8 Å². The molecule has 0 aliphatic heterocycles. The number of nitrogens with two attached hydrogens (primary N) is 1. The van der Waals surface area contributed by atoms with Crippen LogP contribution in [-0.4, -0.2) is 31.3 Å². The largest absolute Gasteiger partial charge is 0.357 e. The summed E-state index contributed by atoms with van der Waals surface area (Å²) in [5.41, 5.74) is 1.33. The van der Waals surface area contributed by atoms with E-state index in [1.165, 1.54) is 12.1 Å². The summed E-state index contributed by atoms with van der Waals surface area (Å²) in [6.45, 7) is 1.87. The fourth-order valence-electron chi connectivity index (χ4n) is 1.99. The van der Waals surface area contributed by atoms with E-state index in [2.05, 4.69) is 4.98 Å². The monoisotopic (exact) mass is 307 g/mol. The second-order valence-corrected chi connectivity index (χ2v) is 6.35. The van der Waals surface area contributed by atoms with E-state index in [9.17, 15) is 13.2 Å². The Kier molecular flexibility index (Phi) is 4.15. The molecule has 0 saturated heterocycles. The number of nitrogens with zero attached hydrogens (tertiary/aromatic N) is 1. The number of nitrogens with one attached hydrogen (secondary N) is 1. The van der Waals surface area contributed by atoms with Gasteiger partial charge in [-0.05, 0) is 36.8 Å². The van der Waals surface area contributed by atoms with Crippen molar-refractivity contribution in [1.82, 2.24) is 9.88 Å². The van der Waals surface area contributed by atoms with E-state index in [4.69, 9.17) is 5.14 Å². The van der Waals surface area contributed by atoms with Gasteiger partial charge in [-0.3, -0.25) is 4.79 Å². The highest BCUT2D eigenvalue weighted by molar-refractivity contribution is 7.89. The van der Waals surface area contributed by atoms with Crippen molar-refractivity contribution >= 4 is 15.9 Å². The summed E-state index contributed by atoms with van der Waals surface area (Å²) in [6.07, 6.45) is 1.69. The van der Waals surface area contributed by atoms with Crippen LogP contribution in [0, 0.1) is 0 Å². The maximum Gasteiger partial charge on any atom is 0.270 e. The molecular formula is C14H17N3O3S. The van der Waals surface area contributed by atoms with Gasteiger partial charge in [0, 0.05) is 13.2 Å². The summed E-state index contributed by atoms with van der Waals surface area (Å²) in [4.78, 5) is 16.7. The van der Waals surface area contributed by atoms with Crippen molar-refractivity contribution in [3.8, 4) is 0 Å². The third kappa shape index (κ3) is 3.32. The van der Waals surface area contributed by atoms with Crippen LogP contribution in [0.1, 0.15) is 29.0 Å². The molecule has 1 aromatic heterocycles. The number of carbonyl (C=O) groups excluding carboxylic acids is 1. The van der Waals surface area contributed by atoms with Crippen LogP contribution < -0.4 is 5.14 Å². The first-order valence-electron chi connectivity index (χ1n) is 6.34. The smallest absolute Gasteiger partial charge is 0.270 e. The molecule has 2 rings (SSSR count). The summed E-state index contributed by atoms with van der Waals surface area (Å²) in [7, 11) is -2.01. The van der Waals surface area contributed by atoms with Crippen molar-refractivity contribution in [1.29, 1.82) is 0 Å². The Bertz CT molecular complexity index is 721. The normalized spacial score (nSPS) is 12.9. The predicted octanol–water partition coefficient (Wildman–Crippen LogP) is 1.50. The fraction of sp³-hybridized carbons (Fsp3) is 0.214. The molecule has 3 N–H and O–H groups in total. The van der Waals surface area contributed by atoms with Crippen LogP contribution in [-0.2, 0) is 10.0 Å². The van der Waals surface area contributed by atoms with Gasteiger partial charge in [0.15, 0.2) is 0 Å². The molecule has 0 aliphatic carbocycles. The minimum atomic E-state index is -3.70. The molecule has 0 fully saturated rings. The number of hydrogen-bond donors (Lipinski definition) is 2. The molecule has 0 saturated carbocycles. The van der Waals surface area contributed by atoms with Gasteiger partial charge in [0.25, 0.3) is 5.91 Å². The summed E-state index contributed by atoms with van der Waals surface area (Å²) >= 11 is 0. The molecule has 1 aromatic carbocycles. The number of aromatic amines is 1. The van der Waals surface area contributed by atoms with Crippen molar-refractivity contribution in [3.63, 3.8) is 0 Å². The molecule has 112 valence electrons. The van der Waals surface area contributed by atoms with Crippen LogP contribution >= 0.6 is 0 Å². The number of rotatable bonds is 4. The second-order valence-electron chi connectivity index (χ2n) is 4.79. The summed E-state index contributed by atoms with van der Waals surface area (Å²) in [5.74, 6) is -0.136. The Morgan fingerprint density at radius 2 is 1.86 bits per heavy atom. The zero-order valence-electron chi connectivity index (χ0n) is 11.8. The number of carbonyl (C=O) groups is 1. The highest BCUT2D eigenvalue weighted by Crippen LogP contribution is 2.21. The van der Waals surface area contributed by atoms with Crippen molar-refractivity contribution in [2.45, 2.75) is 17.9 Å². The van der Waals surface area contributed by atoms with Crippen LogP contribution in [0.4, 0.5) is 0 Å². The molecule has 6 nitrogen and oxygen atoms in total. The molecule has 21 heavy (non-hydrogen) atoms. The van der Waals surface area contributed by atoms with Gasteiger partial charge in [-0.15, -0.1) is 0 Å². The highest BCUT2D eigenvalue weighted by Gasteiger charge is 2.19. The number of sulfonamides is 1. The summed E-state index contributed by atoms with van der Waals surface area (Å²) in [5, 5.41) is 5.06. The predicted molar refractivity (Wildman–Crippen MR) is 79.1 cm³/mol. The summed E-state index contributed by atoms with van der Waals surface area (Å²) < 4.78 is 22.4. The van der Waals surface area contributed by atoms with Crippen LogP contribution in [0.3, 0.4) is 0 Å². The molecule has 1 atom stereocenters. The van der Waals surface area contributed by atoms with E-state index in [1.54, 1.807) is 42.4 Å². The zero-order chi connectivity index (χ0) is 15.6. The van der Waals surface area contributed by atoms with Crippen LogP contribution in [0.2, 0.25) is 0 Å². The number of amides is 1. The van der Waals surface area contributed by atoms with Gasteiger partial charge in [-0.25, -0.2) is 13.6 Å². The van der Waals surface area contributed by atoms with E-state index in [0.29, 0.717) is 5.69 Å². The molecular weight excluding hydrogens is 290 g/mol. The van der Waals surface area contributed by atoms with E-state index >= 15 is 0 Å². The zero-order valence-corrected chi connectivity index (χ0v) is 12.6. The Morgan fingerprint density at radius 3 is 2.33 bits per heavy atom. The second kappa shape index (κ2) is 5.71. The third-order valence-electron chi connectivity index (χ3n) is 3.42. The lowest BCUT2D eigenvalue weighted by Crippen LogP contribution is -2.29. The fourth-order valence-corrected chi connectivity index (χ4v) is 2.50. The molecule has 7 heteroatoms. The van der Waals surface area contributed by atoms with Gasteiger partial charge in [0.05, 0.1) is 10.9 Å². The maximum atomic E-state index is 12.2. The SMILES string of the molecule is C[C@@H](c1ccc(S(N)(=O)=O)cc1)N(C)C(=O)c1ccc[nH]1. The molecule has 0 bridgehead atoms. The van der Waals surface area contributed by atoms with Crippen LogP contribution in [0.25, 0.3) is 0 Å². The Balaban J connectivity index is 2.20. The minimum absolute atomic E-state index is 0.0526. The molecule has 0 radical (unpaired) electrons. The standard InChI is InChI=1S/C14H17N3O3S/c1-10(17(2)14(18)13-4-3-9-16-13)11-5-7-12(8-6-11)21(15,19)20/h3-10,16H,1-2H3,(H2,15,19,20)/t10-/m0/s1. The number of primary sulfonamides is 1. The van der Waals surface area contributed by atoms with Gasteiger partial charge in [0.2, 0.25) is 10.0 Å². The number of hydrogen-bond acceptors (Lipinski definition) is 3. The minimum Gasteiger partial charge on any atom is -0.357 e. The first-order valence-corrected chi connectivity index (χ1v) is 7.88. The average Bonchev–Trinajstić information content (AvgIpc) is 2.98. The third-order valence-corrected chi connectivity index (χ3v) is 4.35. The Morgan fingerprint density at radius 1 is 1.24 bits per heavy atom. The molecule has 1 heterocycles. The van der Waals surface area contributed by atoms with Gasteiger partial charge in [0.1, 0.15) is 5.69 Å². The van der Waals surface area contributed by atoms with Gasteiger partial charge in [-0.2, -0.15) is 0 Å². The average molecular weight is 307 g/mol. The van der Waals surface area contributed by atoms with Gasteiger partial charge >= 0.3 is 0 Å². The molecule has 2 aromatic rings. The number of H-pyrrole nitrogens is 1. The van der Waals surface area contributed by atoms with Crippen LogP contribution in [0.15, 0.2) is 47.5 Å². The lowest BCUT2D eigenvalue weighted by molar-refractivity contribution is 0.0737. The van der Waals surface area contributed by atoms with Crippen molar-refractivity contribution in [2.75, 3.05) is 7.05 Å². The van der Waals surface area contributed by atoms with E-state index in [0.717, 1.165) is 5.56 Å². The molecule has 0 aliphatic rings. The molecule has 1 amide bonds. The van der Waals surface area contributed by atoms with Crippen molar-refractivity contribution in [3.05, 3.63) is 53.9 Å². The first-order chi connectivity index (χ1) is 9.80. The number of benzene rings is 1. The lowest BCUT2D eigenvalue weighted by atomic mass is 10.1. The van der Waals surface area contributed by atoms with Crippen molar-refractivity contribution in [2.24, 2.45) is 5.14 Å².